The molecule has 4 rings (SSSR count). The first-order valence-corrected chi connectivity index (χ1v) is 9.59. The number of aromatic nitrogens is 2. The molecular formula is C20H25N3O4. The van der Waals surface area contributed by atoms with E-state index in [1.165, 1.54) is 5.56 Å². The average molecular weight is 371 g/mol. The fourth-order valence-electron chi connectivity index (χ4n) is 3.61. The fourth-order valence-corrected chi connectivity index (χ4v) is 3.61. The number of carbonyl (C=O) groups is 1. The Morgan fingerprint density at radius 2 is 1.81 bits per heavy atom. The molecule has 0 aliphatic carbocycles. The molecule has 7 heteroatoms. The van der Waals surface area contributed by atoms with Crippen molar-refractivity contribution < 1.29 is 18.7 Å². The second-order valence-electron chi connectivity index (χ2n) is 7.20. The number of hydrogen-bond donors (Lipinski definition) is 0. The van der Waals surface area contributed by atoms with E-state index in [4.69, 9.17) is 13.9 Å². The molecule has 0 atom stereocenters. The standard InChI is InChI=1S/C20H25N3O4/c1-14-2-4-15(5-3-14)19-22-21-17(27-19)6-7-18(24)23-10-8-16(9-11-23)20-25-12-13-26-20/h2-5,16,20H,6-13H2,1H3. The number of ether oxygens (including phenoxy) is 2. The van der Waals surface area contributed by atoms with Gasteiger partial charge in [0.15, 0.2) is 6.29 Å². The molecule has 27 heavy (non-hydrogen) atoms. The number of benzene rings is 1. The highest BCUT2D eigenvalue weighted by Crippen LogP contribution is 2.26. The Morgan fingerprint density at radius 1 is 1.11 bits per heavy atom. The number of rotatable bonds is 5. The molecule has 0 bridgehead atoms. The van der Waals surface area contributed by atoms with E-state index in [9.17, 15) is 4.79 Å². The van der Waals surface area contributed by atoms with Crippen LogP contribution in [0.5, 0.6) is 0 Å². The molecule has 0 N–H and O–H groups in total. The van der Waals surface area contributed by atoms with Crippen LogP contribution in [0.25, 0.3) is 11.5 Å². The van der Waals surface area contributed by atoms with E-state index in [2.05, 4.69) is 10.2 Å². The lowest BCUT2D eigenvalue weighted by Crippen LogP contribution is -2.41. The largest absolute Gasteiger partial charge is 0.421 e. The summed E-state index contributed by atoms with van der Waals surface area (Å²) < 4.78 is 16.9. The highest BCUT2D eigenvalue weighted by molar-refractivity contribution is 5.76. The Kier molecular flexibility index (Phi) is 5.50. The van der Waals surface area contributed by atoms with Crippen LogP contribution in [0.3, 0.4) is 0 Å². The summed E-state index contributed by atoms with van der Waals surface area (Å²) in [5.74, 6) is 1.53. The van der Waals surface area contributed by atoms with E-state index in [-0.39, 0.29) is 12.2 Å². The molecule has 2 fully saturated rings. The van der Waals surface area contributed by atoms with Crippen molar-refractivity contribution in [2.75, 3.05) is 26.3 Å². The lowest BCUT2D eigenvalue weighted by atomic mass is 9.96. The molecule has 1 aromatic heterocycles. The molecule has 0 unspecified atom stereocenters. The summed E-state index contributed by atoms with van der Waals surface area (Å²) in [6.45, 7) is 4.90. The zero-order valence-corrected chi connectivity index (χ0v) is 15.6. The van der Waals surface area contributed by atoms with Crippen molar-refractivity contribution in [2.24, 2.45) is 5.92 Å². The van der Waals surface area contributed by atoms with Gasteiger partial charge in [-0.2, -0.15) is 0 Å². The maximum atomic E-state index is 12.5. The molecule has 144 valence electrons. The van der Waals surface area contributed by atoms with Gasteiger partial charge in [0.05, 0.1) is 13.2 Å². The van der Waals surface area contributed by atoms with Crippen molar-refractivity contribution in [3.05, 3.63) is 35.7 Å². The first-order valence-electron chi connectivity index (χ1n) is 9.59. The van der Waals surface area contributed by atoms with Gasteiger partial charge in [0.1, 0.15) is 0 Å². The van der Waals surface area contributed by atoms with Crippen molar-refractivity contribution in [3.8, 4) is 11.5 Å². The van der Waals surface area contributed by atoms with Gasteiger partial charge in [-0.1, -0.05) is 17.7 Å². The van der Waals surface area contributed by atoms with Crippen LogP contribution in [-0.4, -0.2) is 53.6 Å². The van der Waals surface area contributed by atoms with Gasteiger partial charge >= 0.3 is 0 Å². The van der Waals surface area contributed by atoms with E-state index in [0.29, 0.717) is 43.8 Å². The van der Waals surface area contributed by atoms with Crippen molar-refractivity contribution in [2.45, 2.75) is 38.9 Å². The Balaban J connectivity index is 1.25. The smallest absolute Gasteiger partial charge is 0.247 e. The van der Waals surface area contributed by atoms with Gasteiger partial charge in [-0.05, 0) is 31.9 Å². The van der Waals surface area contributed by atoms with Crippen LogP contribution in [0.15, 0.2) is 28.7 Å². The van der Waals surface area contributed by atoms with Crippen LogP contribution in [0.1, 0.15) is 30.7 Å². The summed E-state index contributed by atoms with van der Waals surface area (Å²) >= 11 is 0. The summed E-state index contributed by atoms with van der Waals surface area (Å²) in [6.07, 6.45) is 2.62. The average Bonchev–Trinajstić information content (AvgIpc) is 3.39. The highest BCUT2D eigenvalue weighted by atomic mass is 16.7. The van der Waals surface area contributed by atoms with Crippen LogP contribution in [0.2, 0.25) is 0 Å². The number of amides is 1. The molecule has 7 nitrogen and oxygen atoms in total. The van der Waals surface area contributed by atoms with Gasteiger partial charge in [-0.3, -0.25) is 4.79 Å². The predicted molar refractivity (Wildman–Crippen MR) is 97.8 cm³/mol. The minimum Gasteiger partial charge on any atom is -0.421 e. The first-order chi connectivity index (χ1) is 13.2. The summed E-state index contributed by atoms with van der Waals surface area (Å²) in [6, 6.07) is 7.93. The quantitative estimate of drug-likeness (QED) is 0.804. The lowest BCUT2D eigenvalue weighted by molar-refractivity contribution is -0.136. The van der Waals surface area contributed by atoms with Crippen LogP contribution in [0.4, 0.5) is 0 Å². The van der Waals surface area contributed by atoms with E-state index >= 15 is 0 Å². The first kappa shape index (κ1) is 18.1. The monoisotopic (exact) mass is 371 g/mol. The molecule has 1 aromatic carbocycles. The van der Waals surface area contributed by atoms with Gasteiger partial charge in [0.25, 0.3) is 0 Å². The Hall–Kier alpha value is -2.25. The third kappa shape index (κ3) is 4.36. The summed E-state index contributed by atoms with van der Waals surface area (Å²) in [5.41, 5.74) is 2.07. The second kappa shape index (κ2) is 8.19. The van der Waals surface area contributed by atoms with Crippen molar-refractivity contribution in [1.82, 2.24) is 15.1 Å². The van der Waals surface area contributed by atoms with Crippen LogP contribution < -0.4 is 0 Å². The SMILES string of the molecule is Cc1ccc(-c2nnc(CCC(=O)N3CCC(C4OCCO4)CC3)o2)cc1. The minimum absolute atomic E-state index is 0.0826. The Labute approximate surface area is 158 Å². The molecule has 2 aliphatic rings. The number of carbonyl (C=O) groups excluding carboxylic acids is 1. The zero-order valence-electron chi connectivity index (χ0n) is 15.6. The van der Waals surface area contributed by atoms with Crippen molar-refractivity contribution in [1.29, 1.82) is 0 Å². The number of aryl methyl sites for hydroxylation is 2. The minimum atomic E-state index is -0.0826. The Bertz CT molecular complexity index is 760. The fraction of sp³-hybridized carbons (Fsp3) is 0.550. The predicted octanol–water partition coefficient (Wildman–Crippen LogP) is 2.59. The normalized spacial score (nSPS) is 18.9. The van der Waals surface area contributed by atoms with Gasteiger partial charge in [-0.15, -0.1) is 10.2 Å². The number of likely N-dealkylation sites (tertiary alicyclic amines) is 1. The van der Waals surface area contributed by atoms with Crippen LogP contribution >= 0.6 is 0 Å². The number of nitrogens with zero attached hydrogens (tertiary/aromatic N) is 3. The highest BCUT2D eigenvalue weighted by Gasteiger charge is 2.31. The summed E-state index contributed by atoms with van der Waals surface area (Å²) in [5, 5.41) is 8.17. The topological polar surface area (TPSA) is 77.7 Å². The molecule has 2 saturated heterocycles. The van der Waals surface area contributed by atoms with Gasteiger partial charge in [0, 0.05) is 37.4 Å². The molecule has 2 aliphatic heterocycles. The molecule has 3 heterocycles. The van der Waals surface area contributed by atoms with Gasteiger partial charge in [0.2, 0.25) is 17.7 Å². The molecule has 1 amide bonds. The maximum Gasteiger partial charge on any atom is 0.247 e. The maximum absolute atomic E-state index is 12.5. The van der Waals surface area contributed by atoms with Crippen molar-refractivity contribution in [3.63, 3.8) is 0 Å². The molecule has 2 aromatic rings. The van der Waals surface area contributed by atoms with Crippen LogP contribution in [-0.2, 0) is 20.7 Å². The molecule has 0 spiro atoms. The Morgan fingerprint density at radius 3 is 2.52 bits per heavy atom. The second-order valence-corrected chi connectivity index (χ2v) is 7.20. The molecular weight excluding hydrogens is 346 g/mol. The number of piperidine rings is 1. The molecule has 0 radical (unpaired) electrons. The number of hydrogen-bond acceptors (Lipinski definition) is 6. The van der Waals surface area contributed by atoms with Gasteiger partial charge in [-0.25, -0.2) is 0 Å². The van der Waals surface area contributed by atoms with E-state index in [1.54, 1.807) is 0 Å². The summed E-state index contributed by atoms with van der Waals surface area (Å²) in [7, 11) is 0. The van der Waals surface area contributed by atoms with Gasteiger partial charge < -0.3 is 18.8 Å². The third-order valence-corrected chi connectivity index (χ3v) is 5.24. The third-order valence-electron chi connectivity index (χ3n) is 5.24. The van der Waals surface area contributed by atoms with E-state index in [0.717, 1.165) is 31.5 Å². The lowest BCUT2D eigenvalue weighted by Gasteiger charge is -2.33. The van der Waals surface area contributed by atoms with Crippen LogP contribution in [0, 0.1) is 12.8 Å². The zero-order chi connectivity index (χ0) is 18.6. The summed E-state index contributed by atoms with van der Waals surface area (Å²) in [4.78, 5) is 14.4. The molecule has 0 saturated carbocycles. The van der Waals surface area contributed by atoms with Crippen molar-refractivity contribution >= 4 is 5.91 Å². The van der Waals surface area contributed by atoms with E-state index in [1.807, 2.05) is 36.1 Å². The van der Waals surface area contributed by atoms with E-state index < -0.39 is 0 Å².